The molecule has 3 rings (SSSR count). The number of alkyl carbamates (subject to hydrolysis) is 1. The second kappa shape index (κ2) is 22.4. The van der Waals surface area contributed by atoms with Crippen molar-refractivity contribution in [3.8, 4) is 11.1 Å². The van der Waals surface area contributed by atoms with Crippen LogP contribution >= 0.6 is 11.8 Å². The zero-order valence-corrected chi connectivity index (χ0v) is 32.2. The molecule has 0 aromatic heterocycles. The third kappa shape index (κ3) is 15.3. The van der Waals surface area contributed by atoms with Gasteiger partial charge in [0, 0.05) is 30.3 Å². The number of benzene rings is 2. The lowest BCUT2D eigenvalue weighted by Gasteiger charge is -2.25. The number of carbonyl (C=O) groups is 4. The van der Waals surface area contributed by atoms with Crippen molar-refractivity contribution in [2.45, 2.75) is 135 Å². The summed E-state index contributed by atoms with van der Waals surface area (Å²) < 4.78 is 22.6. The molecule has 0 unspecified atom stereocenters. The highest BCUT2D eigenvalue weighted by Gasteiger charge is 2.31. The number of nitrogens with one attached hydrogen (secondary N) is 1. The number of esters is 3. The Morgan fingerprint density at radius 2 is 1.27 bits per heavy atom. The van der Waals surface area contributed by atoms with Crippen LogP contribution in [0.5, 0.6) is 0 Å². The van der Waals surface area contributed by atoms with Gasteiger partial charge in [-0.15, -0.1) is 0 Å². The number of carbonyl (C=O) groups excluding carboxylic acids is 4. The van der Waals surface area contributed by atoms with Gasteiger partial charge in [-0.25, -0.2) is 9.59 Å². The molecule has 9 nitrogen and oxygen atoms in total. The van der Waals surface area contributed by atoms with Crippen molar-refractivity contribution >= 4 is 35.8 Å². The minimum absolute atomic E-state index is 0.0702. The molecule has 0 aliphatic heterocycles. The average Bonchev–Trinajstić information content (AvgIpc) is 3.41. The first kappa shape index (κ1) is 41.9. The molecule has 10 heteroatoms. The molecule has 2 atom stereocenters. The maximum Gasteiger partial charge on any atom is 0.407 e. The molecule has 0 saturated carbocycles. The molecule has 2 aromatic rings. The lowest BCUT2D eigenvalue weighted by Crippen LogP contribution is -2.46. The van der Waals surface area contributed by atoms with Crippen LogP contribution in [0.25, 0.3) is 11.1 Å². The standard InChI is InChI=1S/C41H59NO8S/c1-6-8-10-12-14-24-37(43)47-26-30(49-38(44)25-15-13-11-9-7-2)28-51-29-36(39(45)50-41(3,4)5)42-40(46)48-27-35-33-22-18-16-20-31(33)32-21-17-19-23-34(32)35/h16-23,30,35-36H,6-15,24-29H2,1-5H3,(H,42,46)/t30-,36+/m1/s1. The summed E-state index contributed by atoms with van der Waals surface area (Å²) in [5.74, 6) is -0.988. The Bertz CT molecular complexity index is 1340. The molecule has 1 aliphatic rings. The zero-order valence-electron chi connectivity index (χ0n) is 31.3. The third-order valence-electron chi connectivity index (χ3n) is 8.61. The van der Waals surface area contributed by atoms with Gasteiger partial charge in [0.05, 0.1) is 0 Å². The van der Waals surface area contributed by atoms with Crippen LogP contribution in [0.15, 0.2) is 48.5 Å². The first-order chi connectivity index (χ1) is 24.5. The maximum absolute atomic E-state index is 13.2. The highest BCUT2D eigenvalue weighted by Crippen LogP contribution is 2.44. The quantitative estimate of drug-likeness (QED) is 0.0680. The van der Waals surface area contributed by atoms with Crippen LogP contribution in [-0.4, -0.2) is 66.5 Å². The Morgan fingerprint density at radius 3 is 1.84 bits per heavy atom. The topological polar surface area (TPSA) is 117 Å². The zero-order chi connectivity index (χ0) is 37.1. The maximum atomic E-state index is 13.2. The summed E-state index contributed by atoms with van der Waals surface area (Å²) in [6.45, 7) is 9.61. The first-order valence-corrected chi connectivity index (χ1v) is 19.9. The number of hydrogen-bond donors (Lipinski definition) is 1. The summed E-state index contributed by atoms with van der Waals surface area (Å²) in [6, 6.07) is 15.1. The predicted molar refractivity (Wildman–Crippen MR) is 203 cm³/mol. The van der Waals surface area contributed by atoms with Gasteiger partial charge in [-0.05, 0) is 55.9 Å². The van der Waals surface area contributed by atoms with Crippen molar-refractivity contribution in [3.05, 3.63) is 59.7 Å². The number of fused-ring (bicyclic) bond motifs is 3. The van der Waals surface area contributed by atoms with E-state index < -0.39 is 29.8 Å². The van der Waals surface area contributed by atoms with Crippen molar-refractivity contribution in [2.24, 2.45) is 0 Å². The Balaban J connectivity index is 1.59. The van der Waals surface area contributed by atoms with Crippen LogP contribution in [0.2, 0.25) is 0 Å². The fourth-order valence-corrected chi connectivity index (χ4v) is 7.02. The van der Waals surface area contributed by atoms with E-state index in [1.165, 1.54) is 11.8 Å². The van der Waals surface area contributed by atoms with Gasteiger partial charge in [-0.3, -0.25) is 9.59 Å². The molecule has 0 saturated heterocycles. The van der Waals surface area contributed by atoms with E-state index in [-0.39, 0.29) is 42.6 Å². The average molecular weight is 726 g/mol. The van der Waals surface area contributed by atoms with Crippen LogP contribution in [0, 0.1) is 0 Å². The second-order valence-electron chi connectivity index (χ2n) is 14.2. The Morgan fingerprint density at radius 1 is 0.725 bits per heavy atom. The fraction of sp³-hybridized carbons (Fsp3) is 0.610. The van der Waals surface area contributed by atoms with E-state index in [4.69, 9.17) is 18.9 Å². The highest BCUT2D eigenvalue weighted by atomic mass is 32.2. The van der Waals surface area contributed by atoms with Gasteiger partial charge in [-0.1, -0.05) is 114 Å². The molecular formula is C41H59NO8S. The van der Waals surface area contributed by atoms with Gasteiger partial charge in [0.15, 0.2) is 0 Å². The summed E-state index contributed by atoms with van der Waals surface area (Å²) in [5.41, 5.74) is 3.64. The van der Waals surface area contributed by atoms with E-state index in [2.05, 4.69) is 31.3 Å². The normalized spacial score (nSPS) is 13.4. The molecule has 2 aromatic carbocycles. The Kier molecular flexibility index (Phi) is 18.4. The van der Waals surface area contributed by atoms with Crippen molar-refractivity contribution in [1.82, 2.24) is 5.32 Å². The van der Waals surface area contributed by atoms with Crippen LogP contribution in [0.1, 0.15) is 129 Å². The molecule has 1 amide bonds. The lowest BCUT2D eigenvalue weighted by atomic mass is 9.98. The van der Waals surface area contributed by atoms with Crippen LogP contribution < -0.4 is 5.32 Å². The monoisotopic (exact) mass is 725 g/mol. The lowest BCUT2D eigenvalue weighted by molar-refractivity contribution is -0.158. The molecule has 0 spiro atoms. The van der Waals surface area contributed by atoms with Crippen LogP contribution in [0.4, 0.5) is 4.79 Å². The second-order valence-corrected chi connectivity index (χ2v) is 15.3. The number of ether oxygens (including phenoxy) is 4. The minimum atomic E-state index is -1.02. The molecule has 0 radical (unpaired) electrons. The van der Waals surface area contributed by atoms with Crippen LogP contribution in [0.3, 0.4) is 0 Å². The summed E-state index contributed by atoms with van der Waals surface area (Å²) in [5, 5.41) is 2.71. The molecule has 0 heterocycles. The van der Waals surface area contributed by atoms with Crippen molar-refractivity contribution in [1.29, 1.82) is 0 Å². The predicted octanol–water partition coefficient (Wildman–Crippen LogP) is 9.14. The Hall–Kier alpha value is -3.53. The van der Waals surface area contributed by atoms with E-state index in [1.807, 2.05) is 36.4 Å². The van der Waals surface area contributed by atoms with Gasteiger partial charge >= 0.3 is 24.0 Å². The van der Waals surface area contributed by atoms with E-state index in [1.54, 1.807) is 20.8 Å². The first-order valence-electron chi connectivity index (χ1n) is 18.8. The van der Waals surface area contributed by atoms with Crippen molar-refractivity contribution < 1.29 is 38.1 Å². The SMILES string of the molecule is CCCCCCCC(=O)OC[C@H](CSC[C@H](NC(=O)OCC1c2ccccc2-c2ccccc21)C(=O)OC(C)(C)C)OC(=O)CCCCCCC. The fourth-order valence-electron chi connectivity index (χ4n) is 6.01. The van der Waals surface area contributed by atoms with Gasteiger partial charge in [0.1, 0.15) is 31.0 Å². The molecule has 282 valence electrons. The molecule has 1 aliphatic carbocycles. The van der Waals surface area contributed by atoms with Crippen LogP contribution in [-0.2, 0) is 33.3 Å². The molecule has 51 heavy (non-hydrogen) atoms. The third-order valence-corrected chi connectivity index (χ3v) is 9.79. The molecular weight excluding hydrogens is 667 g/mol. The number of amides is 1. The summed E-state index contributed by atoms with van der Waals surface area (Å²) >= 11 is 1.31. The van der Waals surface area contributed by atoms with Crippen molar-refractivity contribution in [3.63, 3.8) is 0 Å². The number of unbranched alkanes of at least 4 members (excludes halogenated alkanes) is 8. The number of thioether (sulfide) groups is 1. The van der Waals surface area contributed by atoms with Crippen molar-refractivity contribution in [2.75, 3.05) is 24.7 Å². The Labute approximate surface area is 309 Å². The van der Waals surface area contributed by atoms with Gasteiger partial charge in [-0.2, -0.15) is 11.8 Å². The van der Waals surface area contributed by atoms with Gasteiger partial charge in [0.2, 0.25) is 0 Å². The number of rotatable bonds is 23. The van der Waals surface area contributed by atoms with Gasteiger partial charge in [0.25, 0.3) is 0 Å². The summed E-state index contributed by atoms with van der Waals surface area (Å²) in [6.07, 6.45) is 9.28. The molecule has 0 fully saturated rings. The summed E-state index contributed by atoms with van der Waals surface area (Å²) in [4.78, 5) is 51.6. The smallest absolute Gasteiger partial charge is 0.407 e. The molecule has 1 N–H and O–H groups in total. The van der Waals surface area contributed by atoms with E-state index >= 15 is 0 Å². The van der Waals surface area contributed by atoms with Gasteiger partial charge < -0.3 is 24.3 Å². The van der Waals surface area contributed by atoms with E-state index in [0.29, 0.717) is 12.8 Å². The number of hydrogen-bond acceptors (Lipinski definition) is 9. The van der Waals surface area contributed by atoms with E-state index in [0.717, 1.165) is 86.5 Å². The highest BCUT2D eigenvalue weighted by molar-refractivity contribution is 7.99. The molecule has 0 bridgehead atoms. The minimum Gasteiger partial charge on any atom is -0.462 e. The summed E-state index contributed by atoms with van der Waals surface area (Å²) in [7, 11) is 0. The van der Waals surface area contributed by atoms with E-state index in [9.17, 15) is 19.2 Å². The largest absolute Gasteiger partial charge is 0.462 e.